The molecule has 0 radical (unpaired) electrons. The Balaban J connectivity index is 3.51. The Morgan fingerprint density at radius 3 is 1.02 bits per heavy atom. The van der Waals surface area contributed by atoms with Gasteiger partial charge >= 0.3 is 0 Å². The van der Waals surface area contributed by atoms with Crippen molar-refractivity contribution in [1.82, 2.24) is 5.32 Å². The molecule has 0 aliphatic carbocycles. The van der Waals surface area contributed by atoms with Crippen LogP contribution < -0.4 is 5.32 Å². The summed E-state index contributed by atoms with van der Waals surface area (Å²) < 4.78 is 0. The molecule has 352 valence electrons. The van der Waals surface area contributed by atoms with Crippen molar-refractivity contribution in [3.8, 4) is 0 Å². The summed E-state index contributed by atoms with van der Waals surface area (Å²) in [6.07, 6.45) is 55.9. The van der Waals surface area contributed by atoms with Gasteiger partial charge in [-0.1, -0.05) is 264 Å². The second-order valence-corrected chi connectivity index (χ2v) is 18.6. The zero-order valence-electron chi connectivity index (χ0n) is 39.8. The number of amides is 1. The molecule has 0 aliphatic heterocycles. The molecule has 1 amide bonds. The van der Waals surface area contributed by atoms with Gasteiger partial charge in [0.15, 0.2) is 0 Å². The number of rotatable bonds is 49. The fourth-order valence-electron chi connectivity index (χ4n) is 8.53. The van der Waals surface area contributed by atoms with E-state index in [0.717, 1.165) is 38.5 Å². The molecule has 4 atom stereocenters. The van der Waals surface area contributed by atoms with Gasteiger partial charge in [-0.2, -0.15) is 0 Å². The van der Waals surface area contributed by atoms with Crippen LogP contribution in [-0.2, 0) is 4.79 Å². The minimum atomic E-state index is -1.28. The van der Waals surface area contributed by atoms with Gasteiger partial charge in [-0.15, -0.1) is 0 Å². The molecule has 0 rings (SSSR count). The van der Waals surface area contributed by atoms with Gasteiger partial charge in [0.2, 0.25) is 5.91 Å². The summed E-state index contributed by atoms with van der Waals surface area (Å²) in [7, 11) is 0. The molecule has 0 spiro atoms. The molecule has 6 heteroatoms. The molecule has 0 fully saturated rings. The number of aliphatic hydroxyl groups is 4. The lowest BCUT2D eigenvalue weighted by Gasteiger charge is -2.27. The van der Waals surface area contributed by atoms with Crippen LogP contribution >= 0.6 is 0 Å². The summed E-state index contributed by atoms with van der Waals surface area (Å²) in [5.41, 5.74) is 0. The Kier molecular flexibility index (Phi) is 47.3. The minimum absolute atomic E-state index is 0.368. The maximum absolute atomic E-state index is 12.5. The molecular weight excluding hydrogens is 731 g/mol. The van der Waals surface area contributed by atoms with Crippen LogP contribution in [-0.4, -0.2) is 57.3 Å². The van der Waals surface area contributed by atoms with Gasteiger partial charge in [-0.25, -0.2) is 0 Å². The predicted molar refractivity (Wildman–Crippen MR) is 256 cm³/mol. The second kappa shape index (κ2) is 48.1. The van der Waals surface area contributed by atoms with Crippen molar-refractivity contribution in [3.63, 3.8) is 0 Å². The highest BCUT2D eigenvalue weighted by Crippen LogP contribution is 2.18. The number of allylic oxidation sites excluding steroid dienone is 2. The van der Waals surface area contributed by atoms with E-state index in [1.807, 2.05) is 0 Å². The first-order valence-corrected chi connectivity index (χ1v) is 26.6. The third kappa shape index (κ3) is 42.1. The Morgan fingerprint density at radius 2 is 0.695 bits per heavy atom. The van der Waals surface area contributed by atoms with Crippen LogP contribution in [0.4, 0.5) is 0 Å². The molecule has 59 heavy (non-hydrogen) atoms. The highest BCUT2D eigenvalue weighted by molar-refractivity contribution is 5.80. The van der Waals surface area contributed by atoms with Gasteiger partial charge in [0, 0.05) is 0 Å². The number of unbranched alkanes of at least 4 members (excludes halogenated alkanes) is 38. The monoisotopic (exact) mass is 836 g/mol. The number of nitrogens with one attached hydrogen (secondary N) is 1. The predicted octanol–water partition coefficient (Wildman–Crippen LogP) is 14.9. The Morgan fingerprint density at radius 1 is 0.407 bits per heavy atom. The zero-order valence-corrected chi connectivity index (χ0v) is 39.8. The molecular formula is C53H105NO5. The lowest BCUT2D eigenvalue weighted by atomic mass is 10.00. The standard InChI is InChI=1S/C53H105NO5/c1-3-5-7-9-11-13-15-16-17-18-19-20-21-22-23-24-25-26-27-28-29-30-31-32-33-34-35-37-39-41-43-45-47-51(57)53(59)54-49(48-55)52(58)50(56)46-44-42-40-38-36-14-12-10-8-6-4-2/h38,40,49-52,55-58H,3-37,39,41-48H2,1-2H3,(H,54,59)/b40-38+. The first-order chi connectivity index (χ1) is 29.0. The quantitative estimate of drug-likeness (QED) is 0.0310. The van der Waals surface area contributed by atoms with Gasteiger partial charge in [0.25, 0.3) is 0 Å². The highest BCUT2D eigenvalue weighted by atomic mass is 16.3. The van der Waals surface area contributed by atoms with Gasteiger partial charge in [-0.3, -0.25) is 4.79 Å². The van der Waals surface area contributed by atoms with Crippen LogP contribution in [0.25, 0.3) is 0 Å². The van der Waals surface area contributed by atoms with Gasteiger partial charge in [-0.05, 0) is 38.5 Å². The maximum Gasteiger partial charge on any atom is 0.249 e. The molecule has 0 bridgehead atoms. The first-order valence-electron chi connectivity index (χ1n) is 26.6. The van der Waals surface area contributed by atoms with Crippen molar-refractivity contribution in [2.45, 2.75) is 314 Å². The minimum Gasteiger partial charge on any atom is -0.394 e. The number of carbonyl (C=O) groups is 1. The van der Waals surface area contributed by atoms with E-state index in [1.165, 1.54) is 225 Å². The molecule has 0 saturated heterocycles. The molecule has 0 aromatic heterocycles. The lowest BCUT2D eigenvalue weighted by molar-refractivity contribution is -0.132. The number of hydrogen-bond acceptors (Lipinski definition) is 5. The summed E-state index contributed by atoms with van der Waals surface area (Å²) in [4.78, 5) is 12.5. The highest BCUT2D eigenvalue weighted by Gasteiger charge is 2.28. The second-order valence-electron chi connectivity index (χ2n) is 18.6. The van der Waals surface area contributed by atoms with Crippen molar-refractivity contribution in [1.29, 1.82) is 0 Å². The normalized spacial score (nSPS) is 13.9. The SMILES string of the molecule is CCCCCCCC/C=C/CCCC(O)C(O)C(CO)NC(=O)C(O)CCCCCCCCCCCCCCCCCCCCCCCCCCCCCCCCCC. The van der Waals surface area contributed by atoms with Crippen molar-refractivity contribution in [2.75, 3.05) is 6.61 Å². The molecule has 0 saturated carbocycles. The van der Waals surface area contributed by atoms with E-state index in [4.69, 9.17) is 0 Å². The van der Waals surface area contributed by atoms with Crippen LogP contribution in [0.5, 0.6) is 0 Å². The molecule has 4 unspecified atom stereocenters. The molecule has 6 nitrogen and oxygen atoms in total. The van der Waals surface area contributed by atoms with Crippen LogP contribution in [0.1, 0.15) is 290 Å². The topological polar surface area (TPSA) is 110 Å². The summed E-state index contributed by atoms with van der Waals surface area (Å²) in [5.74, 6) is -0.589. The van der Waals surface area contributed by atoms with Crippen molar-refractivity contribution < 1.29 is 25.2 Å². The summed E-state index contributed by atoms with van der Waals surface area (Å²) in [5, 5.41) is 43.7. The van der Waals surface area contributed by atoms with E-state index in [2.05, 4.69) is 31.3 Å². The maximum atomic E-state index is 12.5. The summed E-state index contributed by atoms with van der Waals surface area (Å²) in [6, 6.07) is -0.997. The van der Waals surface area contributed by atoms with Crippen molar-refractivity contribution in [3.05, 3.63) is 12.2 Å². The fourth-order valence-corrected chi connectivity index (χ4v) is 8.53. The first kappa shape index (κ1) is 58.0. The van der Waals surface area contributed by atoms with Crippen LogP contribution in [0.3, 0.4) is 0 Å². The van der Waals surface area contributed by atoms with Gasteiger partial charge in [0.1, 0.15) is 12.2 Å². The van der Waals surface area contributed by atoms with E-state index in [0.29, 0.717) is 12.8 Å². The fraction of sp³-hybridized carbons (Fsp3) is 0.943. The van der Waals surface area contributed by atoms with Crippen LogP contribution in [0, 0.1) is 0 Å². The lowest BCUT2D eigenvalue weighted by Crippen LogP contribution is -2.53. The van der Waals surface area contributed by atoms with Crippen LogP contribution in [0.2, 0.25) is 0 Å². The molecule has 0 aromatic carbocycles. The van der Waals surface area contributed by atoms with Gasteiger partial charge in [0.05, 0.1) is 18.8 Å². The van der Waals surface area contributed by atoms with E-state index in [9.17, 15) is 25.2 Å². The molecule has 0 aliphatic rings. The molecule has 5 N–H and O–H groups in total. The zero-order chi connectivity index (χ0) is 43.1. The summed E-state index contributed by atoms with van der Waals surface area (Å²) in [6.45, 7) is 4.04. The van der Waals surface area contributed by atoms with Crippen molar-refractivity contribution in [2.24, 2.45) is 0 Å². The average Bonchev–Trinajstić information content (AvgIpc) is 3.24. The van der Waals surface area contributed by atoms with E-state index >= 15 is 0 Å². The Hall–Kier alpha value is -0.950. The van der Waals surface area contributed by atoms with E-state index in [1.54, 1.807) is 0 Å². The Labute approximate surface area is 368 Å². The number of hydrogen-bond donors (Lipinski definition) is 5. The average molecular weight is 836 g/mol. The largest absolute Gasteiger partial charge is 0.394 e. The molecule has 0 heterocycles. The Bertz CT molecular complexity index is 852. The van der Waals surface area contributed by atoms with Crippen molar-refractivity contribution >= 4 is 5.91 Å². The van der Waals surface area contributed by atoms with E-state index in [-0.39, 0.29) is 0 Å². The van der Waals surface area contributed by atoms with Gasteiger partial charge < -0.3 is 25.7 Å². The number of aliphatic hydroxyl groups excluding tert-OH is 4. The molecule has 0 aromatic rings. The summed E-state index contributed by atoms with van der Waals surface area (Å²) >= 11 is 0. The van der Waals surface area contributed by atoms with Crippen LogP contribution in [0.15, 0.2) is 12.2 Å². The number of carbonyl (C=O) groups excluding carboxylic acids is 1. The third-order valence-corrected chi connectivity index (χ3v) is 12.7. The smallest absolute Gasteiger partial charge is 0.249 e. The third-order valence-electron chi connectivity index (χ3n) is 12.7. The van der Waals surface area contributed by atoms with E-state index < -0.39 is 36.9 Å².